The summed E-state index contributed by atoms with van der Waals surface area (Å²) < 4.78 is 11.4. The van der Waals surface area contributed by atoms with Crippen molar-refractivity contribution in [1.29, 1.82) is 0 Å². The molecule has 1 aliphatic heterocycles. The lowest BCUT2D eigenvalue weighted by atomic mass is 10.1. The number of esters is 1. The first kappa shape index (κ1) is 14.5. The molecule has 0 aromatic heterocycles. The van der Waals surface area contributed by atoms with Crippen LogP contribution >= 0.6 is 15.9 Å². The standard InChI is InChI=1S/C17H12BrNO3/c1-21-15-8-7-13(18)9-12(15)10-14-17(20)22-16(19-14)11-5-3-2-4-6-11/h2-10H,1H3/b14-10+. The predicted octanol–water partition coefficient (Wildman–Crippen LogP) is 3.80. The van der Waals surface area contributed by atoms with E-state index in [4.69, 9.17) is 9.47 Å². The third kappa shape index (κ3) is 2.94. The second kappa shape index (κ2) is 6.15. The van der Waals surface area contributed by atoms with Crippen molar-refractivity contribution >= 4 is 33.9 Å². The van der Waals surface area contributed by atoms with Gasteiger partial charge in [-0.2, -0.15) is 0 Å². The van der Waals surface area contributed by atoms with Crippen LogP contribution in [0.2, 0.25) is 0 Å². The van der Waals surface area contributed by atoms with Gasteiger partial charge in [-0.3, -0.25) is 0 Å². The summed E-state index contributed by atoms with van der Waals surface area (Å²) in [5.74, 6) is 0.499. The third-order valence-electron chi connectivity index (χ3n) is 3.13. The van der Waals surface area contributed by atoms with Crippen molar-refractivity contribution in [2.75, 3.05) is 7.11 Å². The summed E-state index contributed by atoms with van der Waals surface area (Å²) in [6.45, 7) is 0. The maximum absolute atomic E-state index is 12.0. The Kier molecular flexibility index (Phi) is 4.06. The molecule has 0 fully saturated rings. The van der Waals surface area contributed by atoms with E-state index in [2.05, 4.69) is 20.9 Å². The molecule has 22 heavy (non-hydrogen) atoms. The molecule has 0 saturated heterocycles. The average Bonchev–Trinajstić information content (AvgIpc) is 2.90. The highest BCUT2D eigenvalue weighted by atomic mass is 79.9. The maximum atomic E-state index is 12.0. The van der Waals surface area contributed by atoms with Crippen molar-refractivity contribution in [2.45, 2.75) is 0 Å². The summed E-state index contributed by atoms with van der Waals surface area (Å²) in [5, 5.41) is 0. The molecule has 0 unspecified atom stereocenters. The zero-order chi connectivity index (χ0) is 15.5. The number of hydrogen-bond acceptors (Lipinski definition) is 4. The third-order valence-corrected chi connectivity index (χ3v) is 3.62. The zero-order valence-electron chi connectivity index (χ0n) is 11.7. The lowest BCUT2D eigenvalue weighted by Gasteiger charge is -2.04. The van der Waals surface area contributed by atoms with E-state index in [1.807, 2.05) is 48.5 Å². The van der Waals surface area contributed by atoms with Gasteiger partial charge in [-0.25, -0.2) is 9.79 Å². The van der Waals surface area contributed by atoms with Gasteiger partial charge in [-0.15, -0.1) is 0 Å². The van der Waals surface area contributed by atoms with Gasteiger partial charge in [-0.05, 0) is 36.4 Å². The number of cyclic esters (lactones) is 1. The van der Waals surface area contributed by atoms with E-state index in [-0.39, 0.29) is 5.70 Å². The molecular formula is C17H12BrNO3. The molecule has 0 bridgehead atoms. The van der Waals surface area contributed by atoms with Crippen molar-refractivity contribution in [3.05, 3.63) is 69.8 Å². The van der Waals surface area contributed by atoms with E-state index < -0.39 is 5.97 Å². The van der Waals surface area contributed by atoms with E-state index in [0.29, 0.717) is 11.6 Å². The highest BCUT2D eigenvalue weighted by Gasteiger charge is 2.24. The lowest BCUT2D eigenvalue weighted by Crippen LogP contribution is -2.05. The molecule has 1 heterocycles. The highest BCUT2D eigenvalue weighted by molar-refractivity contribution is 9.10. The SMILES string of the molecule is COc1ccc(Br)cc1/C=C1/N=C(c2ccccc2)OC1=O. The van der Waals surface area contributed by atoms with Gasteiger partial charge >= 0.3 is 5.97 Å². The molecule has 0 spiro atoms. The minimum absolute atomic E-state index is 0.246. The molecule has 110 valence electrons. The summed E-state index contributed by atoms with van der Waals surface area (Å²) in [5.41, 5.74) is 1.76. The number of halogens is 1. The number of methoxy groups -OCH3 is 1. The molecule has 0 amide bonds. The Morgan fingerprint density at radius 1 is 1.18 bits per heavy atom. The molecule has 4 nitrogen and oxygen atoms in total. The van der Waals surface area contributed by atoms with Gasteiger partial charge in [0, 0.05) is 15.6 Å². The van der Waals surface area contributed by atoms with E-state index >= 15 is 0 Å². The van der Waals surface area contributed by atoms with Crippen LogP contribution in [0.1, 0.15) is 11.1 Å². The Morgan fingerprint density at radius 3 is 2.68 bits per heavy atom. The fourth-order valence-corrected chi connectivity index (χ4v) is 2.46. The smallest absolute Gasteiger partial charge is 0.363 e. The second-order valence-corrected chi connectivity index (χ2v) is 5.50. The topological polar surface area (TPSA) is 47.9 Å². The van der Waals surface area contributed by atoms with E-state index in [1.54, 1.807) is 13.2 Å². The quantitative estimate of drug-likeness (QED) is 0.619. The Labute approximate surface area is 136 Å². The molecule has 0 radical (unpaired) electrons. The van der Waals surface area contributed by atoms with E-state index in [0.717, 1.165) is 15.6 Å². The van der Waals surface area contributed by atoms with E-state index in [9.17, 15) is 4.79 Å². The van der Waals surface area contributed by atoms with Crippen LogP contribution in [0.15, 0.2) is 63.7 Å². The zero-order valence-corrected chi connectivity index (χ0v) is 13.3. The number of carbonyl (C=O) groups excluding carboxylic acids is 1. The van der Waals surface area contributed by atoms with Crippen molar-refractivity contribution in [1.82, 2.24) is 0 Å². The number of ether oxygens (including phenoxy) is 2. The monoisotopic (exact) mass is 357 g/mol. The van der Waals surface area contributed by atoms with Crippen LogP contribution in [-0.4, -0.2) is 19.0 Å². The summed E-state index contributed by atoms with van der Waals surface area (Å²) in [7, 11) is 1.58. The van der Waals surface area contributed by atoms with Crippen LogP contribution in [0.5, 0.6) is 5.75 Å². The number of nitrogens with zero attached hydrogens (tertiary/aromatic N) is 1. The number of carbonyl (C=O) groups is 1. The Bertz CT molecular complexity index is 782. The predicted molar refractivity (Wildman–Crippen MR) is 87.7 cm³/mol. The molecule has 2 aromatic rings. The first-order chi connectivity index (χ1) is 10.7. The number of hydrogen-bond donors (Lipinski definition) is 0. The maximum Gasteiger partial charge on any atom is 0.363 e. The first-order valence-electron chi connectivity index (χ1n) is 6.59. The molecule has 2 aromatic carbocycles. The van der Waals surface area contributed by atoms with Gasteiger partial charge in [0.1, 0.15) is 5.75 Å². The van der Waals surface area contributed by atoms with Gasteiger partial charge in [0.2, 0.25) is 5.90 Å². The summed E-state index contributed by atoms with van der Waals surface area (Å²) in [6, 6.07) is 14.9. The average molecular weight is 358 g/mol. The van der Waals surface area contributed by atoms with Gasteiger partial charge in [-0.1, -0.05) is 34.1 Å². The van der Waals surface area contributed by atoms with Crippen molar-refractivity contribution < 1.29 is 14.3 Å². The fourth-order valence-electron chi connectivity index (χ4n) is 2.08. The first-order valence-corrected chi connectivity index (χ1v) is 7.38. The van der Waals surface area contributed by atoms with Crippen LogP contribution in [0.4, 0.5) is 0 Å². The molecule has 0 N–H and O–H groups in total. The number of rotatable bonds is 3. The molecular weight excluding hydrogens is 346 g/mol. The molecule has 3 rings (SSSR count). The van der Waals surface area contributed by atoms with Gasteiger partial charge in [0.05, 0.1) is 7.11 Å². The summed E-state index contributed by atoms with van der Waals surface area (Å²) >= 11 is 3.40. The van der Waals surface area contributed by atoms with E-state index in [1.165, 1.54) is 0 Å². The minimum atomic E-state index is -0.471. The van der Waals surface area contributed by atoms with Crippen LogP contribution in [0.3, 0.4) is 0 Å². The van der Waals surface area contributed by atoms with Crippen molar-refractivity contribution in [3.8, 4) is 5.75 Å². The summed E-state index contributed by atoms with van der Waals surface area (Å²) in [6.07, 6.45) is 1.65. The molecule has 0 aliphatic carbocycles. The molecule has 0 saturated carbocycles. The van der Waals surface area contributed by atoms with Crippen molar-refractivity contribution in [2.24, 2.45) is 4.99 Å². The van der Waals surface area contributed by atoms with Gasteiger partial charge < -0.3 is 9.47 Å². The number of aliphatic imine (C=N–C) groups is 1. The fraction of sp³-hybridized carbons (Fsp3) is 0.0588. The second-order valence-electron chi connectivity index (χ2n) is 4.59. The van der Waals surface area contributed by atoms with Crippen LogP contribution in [-0.2, 0) is 9.53 Å². The molecule has 5 heteroatoms. The lowest BCUT2D eigenvalue weighted by molar-refractivity contribution is -0.129. The van der Waals surface area contributed by atoms with Gasteiger partial charge in [0.25, 0.3) is 0 Å². The number of benzene rings is 2. The van der Waals surface area contributed by atoms with Crippen LogP contribution in [0.25, 0.3) is 6.08 Å². The Balaban J connectivity index is 2.00. The van der Waals surface area contributed by atoms with Gasteiger partial charge in [0.15, 0.2) is 5.70 Å². The highest BCUT2D eigenvalue weighted by Crippen LogP contribution is 2.27. The normalized spacial score (nSPS) is 15.6. The molecule has 1 aliphatic rings. The Morgan fingerprint density at radius 2 is 1.95 bits per heavy atom. The Hall–Kier alpha value is -2.40. The van der Waals surface area contributed by atoms with Crippen LogP contribution in [0, 0.1) is 0 Å². The van der Waals surface area contributed by atoms with Crippen molar-refractivity contribution in [3.63, 3.8) is 0 Å². The largest absolute Gasteiger partial charge is 0.496 e. The van der Waals surface area contributed by atoms with Crippen LogP contribution < -0.4 is 4.74 Å². The summed E-state index contributed by atoms with van der Waals surface area (Å²) in [4.78, 5) is 16.3. The minimum Gasteiger partial charge on any atom is -0.496 e. The molecule has 0 atom stereocenters.